The van der Waals surface area contributed by atoms with E-state index in [0.717, 1.165) is 0 Å². The Balaban J connectivity index is 3.30. The van der Waals surface area contributed by atoms with Crippen LogP contribution in [0.2, 0.25) is 0 Å². The standard InChI is InChI=1S/C6H13N3O/c1-2-9-6(10)5-8-4-3-7/h4H,2-3,5,7H2,1H3,(H,9,10). The number of likely N-dealkylation sites (N-methyl/N-ethyl adjacent to an activating group) is 1. The zero-order valence-electron chi connectivity index (χ0n) is 6.13. The Labute approximate surface area is 60.5 Å². The smallest absolute Gasteiger partial charge is 0.241 e. The van der Waals surface area contributed by atoms with E-state index in [2.05, 4.69) is 10.3 Å². The number of amides is 1. The van der Waals surface area contributed by atoms with Crippen molar-refractivity contribution in [1.29, 1.82) is 0 Å². The Bertz CT molecular complexity index is 122. The number of hydrogen-bond acceptors (Lipinski definition) is 3. The summed E-state index contributed by atoms with van der Waals surface area (Å²) >= 11 is 0. The van der Waals surface area contributed by atoms with Crippen molar-refractivity contribution in [2.75, 3.05) is 19.6 Å². The van der Waals surface area contributed by atoms with E-state index in [1.54, 1.807) is 0 Å². The van der Waals surface area contributed by atoms with Gasteiger partial charge in [-0.15, -0.1) is 0 Å². The first-order chi connectivity index (χ1) is 4.81. The van der Waals surface area contributed by atoms with Crippen LogP contribution >= 0.6 is 0 Å². The molecular weight excluding hydrogens is 130 g/mol. The molecule has 4 heteroatoms. The lowest BCUT2D eigenvalue weighted by atomic mass is 10.5. The topological polar surface area (TPSA) is 67.5 Å². The number of nitrogens with zero attached hydrogens (tertiary/aromatic N) is 1. The number of rotatable bonds is 4. The number of nitrogens with one attached hydrogen (secondary N) is 1. The number of nitrogens with two attached hydrogens (primary N) is 1. The van der Waals surface area contributed by atoms with E-state index in [1.165, 1.54) is 6.21 Å². The summed E-state index contributed by atoms with van der Waals surface area (Å²) in [5.41, 5.74) is 5.11. The third kappa shape index (κ3) is 5.24. The van der Waals surface area contributed by atoms with Gasteiger partial charge in [0.1, 0.15) is 6.54 Å². The summed E-state index contributed by atoms with van der Waals surface area (Å²) in [5.74, 6) is -0.0628. The molecule has 10 heavy (non-hydrogen) atoms. The molecule has 58 valence electrons. The van der Waals surface area contributed by atoms with E-state index in [-0.39, 0.29) is 12.5 Å². The molecule has 0 aliphatic heterocycles. The highest BCUT2D eigenvalue weighted by atomic mass is 16.1. The van der Waals surface area contributed by atoms with Crippen molar-refractivity contribution in [2.24, 2.45) is 10.7 Å². The third-order valence-corrected chi connectivity index (χ3v) is 0.843. The molecule has 0 bridgehead atoms. The van der Waals surface area contributed by atoms with E-state index in [1.807, 2.05) is 6.92 Å². The van der Waals surface area contributed by atoms with E-state index >= 15 is 0 Å². The SMILES string of the molecule is CCNC(=O)CN=CCN. The predicted octanol–water partition coefficient (Wildman–Crippen LogP) is -0.848. The third-order valence-electron chi connectivity index (χ3n) is 0.843. The minimum Gasteiger partial charge on any atom is -0.355 e. The van der Waals surface area contributed by atoms with Gasteiger partial charge in [0.2, 0.25) is 5.91 Å². The number of aliphatic imine (C=N–C) groups is 1. The van der Waals surface area contributed by atoms with Crippen LogP contribution in [0.25, 0.3) is 0 Å². The van der Waals surface area contributed by atoms with Gasteiger partial charge < -0.3 is 11.1 Å². The van der Waals surface area contributed by atoms with Crippen molar-refractivity contribution < 1.29 is 4.79 Å². The molecule has 0 atom stereocenters. The van der Waals surface area contributed by atoms with Crippen LogP contribution in [0.5, 0.6) is 0 Å². The highest BCUT2D eigenvalue weighted by Gasteiger charge is 1.92. The van der Waals surface area contributed by atoms with Gasteiger partial charge in [-0.3, -0.25) is 9.79 Å². The molecule has 0 aromatic heterocycles. The molecule has 0 spiro atoms. The molecular formula is C6H13N3O. The van der Waals surface area contributed by atoms with Gasteiger partial charge in [0, 0.05) is 19.3 Å². The second-order valence-corrected chi connectivity index (χ2v) is 1.71. The van der Waals surface area contributed by atoms with Gasteiger partial charge in [0.15, 0.2) is 0 Å². The molecule has 0 heterocycles. The second-order valence-electron chi connectivity index (χ2n) is 1.71. The highest BCUT2D eigenvalue weighted by Crippen LogP contribution is 1.68. The highest BCUT2D eigenvalue weighted by molar-refractivity contribution is 5.79. The molecule has 0 aromatic rings. The van der Waals surface area contributed by atoms with Crippen molar-refractivity contribution in [3.63, 3.8) is 0 Å². The first kappa shape index (κ1) is 9.10. The molecule has 0 saturated heterocycles. The quantitative estimate of drug-likeness (QED) is 0.503. The Morgan fingerprint density at radius 1 is 1.80 bits per heavy atom. The van der Waals surface area contributed by atoms with Crippen LogP contribution in [0, 0.1) is 0 Å². The summed E-state index contributed by atoms with van der Waals surface area (Å²) in [6.45, 7) is 3.09. The van der Waals surface area contributed by atoms with E-state index in [4.69, 9.17) is 5.73 Å². The minimum absolute atomic E-state index is 0.0628. The zero-order valence-corrected chi connectivity index (χ0v) is 6.13. The van der Waals surface area contributed by atoms with Gasteiger partial charge in [-0.25, -0.2) is 0 Å². The summed E-state index contributed by atoms with van der Waals surface area (Å²) in [7, 11) is 0. The Kier molecular flexibility index (Phi) is 5.66. The van der Waals surface area contributed by atoms with Crippen LogP contribution in [-0.4, -0.2) is 31.8 Å². The molecule has 4 nitrogen and oxygen atoms in total. The Morgan fingerprint density at radius 2 is 2.50 bits per heavy atom. The Hall–Kier alpha value is -0.900. The lowest BCUT2D eigenvalue weighted by molar-refractivity contribution is -0.119. The van der Waals surface area contributed by atoms with Gasteiger partial charge in [0.25, 0.3) is 0 Å². The molecule has 0 radical (unpaired) electrons. The maximum atomic E-state index is 10.7. The minimum atomic E-state index is -0.0628. The lowest BCUT2D eigenvalue weighted by Crippen LogP contribution is -2.25. The molecule has 0 aliphatic rings. The molecule has 0 aliphatic carbocycles. The average molecular weight is 143 g/mol. The largest absolute Gasteiger partial charge is 0.355 e. The van der Waals surface area contributed by atoms with Crippen LogP contribution in [0.15, 0.2) is 4.99 Å². The first-order valence-corrected chi connectivity index (χ1v) is 3.26. The molecule has 0 unspecified atom stereocenters. The normalized spacial score (nSPS) is 10.2. The number of hydrogen-bond donors (Lipinski definition) is 2. The second kappa shape index (κ2) is 6.22. The number of carbonyl (C=O) groups excluding carboxylic acids is 1. The fourth-order valence-corrected chi connectivity index (χ4v) is 0.475. The summed E-state index contributed by atoms with van der Waals surface area (Å²) in [6, 6.07) is 0. The molecule has 0 fully saturated rings. The van der Waals surface area contributed by atoms with E-state index < -0.39 is 0 Å². The van der Waals surface area contributed by atoms with Crippen LogP contribution in [0.1, 0.15) is 6.92 Å². The fourth-order valence-electron chi connectivity index (χ4n) is 0.475. The monoisotopic (exact) mass is 143 g/mol. The van der Waals surface area contributed by atoms with Gasteiger partial charge in [0.05, 0.1) is 0 Å². The van der Waals surface area contributed by atoms with Crippen molar-refractivity contribution in [3.05, 3.63) is 0 Å². The lowest BCUT2D eigenvalue weighted by Gasteiger charge is -1.95. The maximum absolute atomic E-state index is 10.7. The molecule has 3 N–H and O–H groups in total. The van der Waals surface area contributed by atoms with E-state index in [0.29, 0.717) is 13.1 Å². The van der Waals surface area contributed by atoms with Crippen molar-refractivity contribution in [1.82, 2.24) is 5.32 Å². The van der Waals surface area contributed by atoms with Crippen LogP contribution in [0.4, 0.5) is 0 Å². The van der Waals surface area contributed by atoms with Gasteiger partial charge in [-0.2, -0.15) is 0 Å². The fraction of sp³-hybridized carbons (Fsp3) is 0.667. The molecule has 1 amide bonds. The molecule has 0 saturated carbocycles. The van der Waals surface area contributed by atoms with Crippen LogP contribution < -0.4 is 11.1 Å². The van der Waals surface area contributed by atoms with Crippen molar-refractivity contribution >= 4 is 12.1 Å². The predicted molar refractivity (Wildman–Crippen MR) is 41.1 cm³/mol. The van der Waals surface area contributed by atoms with Crippen LogP contribution in [-0.2, 0) is 4.79 Å². The maximum Gasteiger partial charge on any atom is 0.241 e. The molecule has 0 aromatic carbocycles. The van der Waals surface area contributed by atoms with Crippen molar-refractivity contribution in [3.8, 4) is 0 Å². The van der Waals surface area contributed by atoms with Gasteiger partial charge in [-0.1, -0.05) is 0 Å². The number of carbonyl (C=O) groups is 1. The van der Waals surface area contributed by atoms with Crippen LogP contribution in [0.3, 0.4) is 0 Å². The molecule has 0 rings (SSSR count). The summed E-state index contributed by atoms with van der Waals surface area (Å²) in [6.07, 6.45) is 1.52. The van der Waals surface area contributed by atoms with Crippen molar-refractivity contribution in [2.45, 2.75) is 6.92 Å². The summed E-state index contributed by atoms with van der Waals surface area (Å²) < 4.78 is 0. The Morgan fingerprint density at radius 3 is 3.00 bits per heavy atom. The first-order valence-electron chi connectivity index (χ1n) is 3.26. The zero-order chi connectivity index (χ0) is 7.82. The average Bonchev–Trinajstić information content (AvgIpc) is 1.89. The summed E-state index contributed by atoms with van der Waals surface area (Å²) in [4.78, 5) is 14.4. The summed E-state index contributed by atoms with van der Waals surface area (Å²) in [5, 5.41) is 2.61. The van der Waals surface area contributed by atoms with E-state index in [9.17, 15) is 4.79 Å². The van der Waals surface area contributed by atoms with Gasteiger partial charge in [-0.05, 0) is 6.92 Å². The van der Waals surface area contributed by atoms with Gasteiger partial charge >= 0.3 is 0 Å².